The van der Waals surface area contributed by atoms with Crippen LogP contribution in [0.3, 0.4) is 0 Å². The van der Waals surface area contributed by atoms with E-state index >= 15 is 0 Å². The monoisotopic (exact) mass is 477 g/mol. The third-order valence-corrected chi connectivity index (χ3v) is 8.13. The number of nitrogens with one attached hydrogen (secondary N) is 1. The van der Waals surface area contributed by atoms with Gasteiger partial charge in [0.1, 0.15) is 5.25 Å². The molecule has 1 saturated heterocycles. The molecule has 0 radical (unpaired) electrons. The van der Waals surface area contributed by atoms with Gasteiger partial charge in [0.15, 0.2) is 9.84 Å². The number of sulfone groups is 1. The fraction of sp³-hybridized carbons (Fsp3) is 0.435. The van der Waals surface area contributed by atoms with Crippen LogP contribution >= 0.6 is 13.5 Å². The first-order valence-electron chi connectivity index (χ1n) is 10.7. The summed E-state index contributed by atoms with van der Waals surface area (Å²) in [6.07, 6.45) is 0.269. The van der Waals surface area contributed by atoms with Crippen LogP contribution < -0.4 is 5.32 Å². The average molecular weight is 478 g/mol. The first kappa shape index (κ1) is 24.6. The van der Waals surface area contributed by atoms with E-state index in [-0.39, 0.29) is 44.9 Å². The van der Waals surface area contributed by atoms with E-state index < -0.39 is 21.2 Å². The maximum atomic E-state index is 12.6. The van der Waals surface area contributed by atoms with Crippen molar-refractivity contribution in [1.29, 1.82) is 0 Å². The number of hydrogen-bond donors (Lipinski definition) is 2. The lowest BCUT2D eigenvalue weighted by Gasteiger charge is -2.33. The molecule has 2 aromatic carbocycles. The normalized spacial score (nSPS) is 21.2. The first-order valence-corrected chi connectivity index (χ1v) is 12.4. The summed E-state index contributed by atoms with van der Waals surface area (Å²) in [4.78, 5) is 16.4. The second-order valence-electron chi connectivity index (χ2n) is 8.31. The van der Waals surface area contributed by atoms with E-state index in [2.05, 4.69) is 22.3 Å². The molecule has 9 heteroatoms. The van der Waals surface area contributed by atoms with E-state index in [4.69, 9.17) is 0 Å². The zero-order valence-corrected chi connectivity index (χ0v) is 19.8. The zero-order chi connectivity index (χ0) is 21.8. The molecule has 2 aliphatic heterocycles. The number of aliphatic hydroxyl groups excluding tert-OH is 1. The van der Waals surface area contributed by atoms with Crippen LogP contribution in [-0.4, -0.2) is 73.9 Å². The van der Waals surface area contributed by atoms with Gasteiger partial charge >= 0.3 is 6.03 Å². The van der Waals surface area contributed by atoms with Crippen LogP contribution in [0.25, 0.3) is 0 Å². The van der Waals surface area contributed by atoms with Crippen molar-refractivity contribution in [3.8, 4) is 0 Å². The number of carbonyl (C=O) groups is 1. The topological polar surface area (TPSA) is 89.9 Å². The number of benzene rings is 2. The van der Waals surface area contributed by atoms with Crippen LogP contribution in [0.1, 0.15) is 21.9 Å². The van der Waals surface area contributed by atoms with E-state index in [0.717, 1.165) is 19.5 Å². The molecule has 2 N–H and O–H groups in total. The van der Waals surface area contributed by atoms with E-state index in [0.29, 0.717) is 12.1 Å². The van der Waals surface area contributed by atoms with Gasteiger partial charge in [-0.15, -0.1) is 0 Å². The van der Waals surface area contributed by atoms with Crippen molar-refractivity contribution in [2.45, 2.75) is 24.3 Å². The molecule has 32 heavy (non-hydrogen) atoms. The van der Waals surface area contributed by atoms with Gasteiger partial charge in [0.2, 0.25) is 0 Å². The minimum absolute atomic E-state index is 0. The fourth-order valence-corrected chi connectivity index (χ4v) is 6.08. The Balaban J connectivity index is 0.00000289. The molecule has 2 amide bonds. The van der Waals surface area contributed by atoms with Gasteiger partial charge in [-0.05, 0) is 23.1 Å². The minimum Gasteiger partial charge on any atom is -0.390 e. The molecule has 2 atom stereocenters. The maximum absolute atomic E-state index is 12.6. The molecule has 0 aromatic heterocycles. The number of nitrogens with zero attached hydrogens (tertiary/aromatic N) is 2. The second kappa shape index (κ2) is 10.7. The van der Waals surface area contributed by atoms with Crippen molar-refractivity contribution in [3.63, 3.8) is 0 Å². The highest BCUT2D eigenvalue weighted by atomic mass is 32.2. The van der Waals surface area contributed by atoms with Crippen molar-refractivity contribution in [2.75, 3.05) is 38.5 Å². The Morgan fingerprint density at radius 2 is 1.75 bits per heavy atom. The summed E-state index contributed by atoms with van der Waals surface area (Å²) in [5.41, 5.74) is 3.34. The zero-order valence-electron chi connectivity index (χ0n) is 18.0. The lowest BCUT2D eigenvalue weighted by molar-refractivity contribution is 0.103. The lowest BCUT2D eigenvalue weighted by atomic mass is 10.00. The molecule has 7 nitrogen and oxygen atoms in total. The van der Waals surface area contributed by atoms with Gasteiger partial charge in [0.25, 0.3) is 0 Å². The second-order valence-corrected chi connectivity index (χ2v) is 10.6. The molecule has 174 valence electrons. The predicted molar refractivity (Wildman–Crippen MR) is 130 cm³/mol. The standard InChI is InChI=1S/C23H29N3O4S.H2S/c27-21(16-25-11-10-18-6-4-5-9-20(18)15-25)14-24-23(28)26-12-13-31(29,30)22(17-26)19-7-2-1-3-8-19;/h1-9,21-22,27H,10-17H2,(H,24,28);1H2/t21-,22?;/m0./s1. The summed E-state index contributed by atoms with van der Waals surface area (Å²) >= 11 is 0. The maximum Gasteiger partial charge on any atom is 0.317 e. The number of urea groups is 1. The highest BCUT2D eigenvalue weighted by molar-refractivity contribution is 7.91. The Labute approximate surface area is 196 Å². The van der Waals surface area contributed by atoms with Crippen molar-refractivity contribution in [1.82, 2.24) is 15.1 Å². The highest BCUT2D eigenvalue weighted by Gasteiger charge is 2.36. The lowest BCUT2D eigenvalue weighted by Crippen LogP contribution is -2.51. The predicted octanol–water partition coefficient (Wildman–Crippen LogP) is 1.70. The molecular weight excluding hydrogens is 446 g/mol. The van der Waals surface area contributed by atoms with E-state index in [1.807, 2.05) is 18.2 Å². The summed E-state index contributed by atoms with van der Waals surface area (Å²) in [6, 6.07) is 17.0. The van der Waals surface area contributed by atoms with Crippen LogP contribution in [0.4, 0.5) is 4.79 Å². The minimum atomic E-state index is -3.30. The Hall–Kier alpha value is -2.07. The largest absolute Gasteiger partial charge is 0.390 e. The Bertz CT molecular complexity index is 1020. The van der Waals surface area contributed by atoms with Gasteiger partial charge in [0.05, 0.1) is 11.9 Å². The van der Waals surface area contributed by atoms with Gasteiger partial charge in [-0.3, -0.25) is 4.90 Å². The average Bonchev–Trinajstić information content (AvgIpc) is 2.78. The smallest absolute Gasteiger partial charge is 0.317 e. The van der Waals surface area contributed by atoms with Gasteiger partial charge < -0.3 is 15.3 Å². The van der Waals surface area contributed by atoms with Crippen LogP contribution in [0, 0.1) is 0 Å². The molecule has 0 saturated carbocycles. The van der Waals surface area contributed by atoms with Crippen molar-refractivity contribution < 1.29 is 18.3 Å². The highest BCUT2D eigenvalue weighted by Crippen LogP contribution is 2.27. The van der Waals surface area contributed by atoms with Crippen LogP contribution in [0.2, 0.25) is 0 Å². The summed E-state index contributed by atoms with van der Waals surface area (Å²) in [7, 11) is -3.30. The van der Waals surface area contributed by atoms with Gasteiger partial charge in [-0.1, -0.05) is 54.6 Å². The van der Waals surface area contributed by atoms with E-state index in [9.17, 15) is 18.3 Å². The van der Waals surface area contributed by atoms with Crippen molar-refractivity contribution in [2.24, 2.45) is 0 Å². The Morgan fingerprint density at radius 3 is 2.50 bits per heavy atom. The van der Waals surface area contributed by atoms with Crippen LogP contribution in [0.15, 0.2) is 54.6 Å². The third-order valence-electron chi connectivity index (χ3n) is 6.09. The number of rotatable bonds is 5. The Kier molecular flexibility index (Phi) is 8.21. The fourth-order valence-electron chi connectivity index (χ4n) is 4.34. The number of aliphatic hydroxyl groups is 1. The van der Waals surface area contributed by atoms with Gasteiger partial charge in [-0.25, -0.2) is 13.2 Å². The van der Waals surface area contributed by atoms with Crippen LogP contribution in [0.5, 0.6) is 0 Å². The molecule has 2 heterocycles. The molecule has 4 rings (SSSR count). The molecule has 1 unspecified atom stereocenters. The molecule has 0 aliphatic carbocycles. The summed E-state index contributed by atoms with van der Waals surface area (Å²) in [5.74, 6) is -0.0598. The first-order chi connectivity index (χ1) is 14.9. The van der Waals surface area contributed by atoms with Crippen molar-refractivity contribution >= 4 is 29.4 Å². The Morgan fingerprint density at radius 1 is 1.06 bits per heavy atom. The number of amides is 2. The summed E-state index contributed by atoms with van der Waals surface area (Å²) in [5, 5.41) is 12.5. The number of fused-ring (bicyclic) bond motifs is 1. The molecule has 0 spiro atoms. The van der Waals surface area contributed by atoms with Gasteiger partial charge in [-0.2, -0.15) is 13.5 Å². The quantitative estimate of drug-likeness (QED) is 0.684. The SMILES string of the molecule is O=C(NC[C@H](O)CN1CCc2ccccc2C1)N1CCS(=O)(=O)C(c2ccccc2)C1.S. The third kappa shape index (κ3) is 5.83. The summed E-state index contributed by atoms with van der Waals surface area (Å²) in [6.45, 7) is 2.58. The molecule has 2 aromatic rings. The van der Waals surface area contributed by atoms with Crippen molar-refractivity contribution in [3.05, 3.63) is 71.3 Å². The molecule has 0 bridgehead atoms. The van der Waals surface area contributed by atoms with Gasteiger partial charge in [0, 0.05) is 39.3 Å². The van der Waals surface area contributed by atoms with Crippen LogP contribution in [-0.2, 0) is 22.8 Å². The molecule has 1 fully saturated rings. The summed E-state index contributed by atoms with van der Waals surface area (Å²) < 4.78 is 25.0. The molecular formula is C23H31N3O4S2. The number of hydrogen-bond acceptors (Lipinski definition) is 5. The van der Waals surface area contributed by atoms with E-state index in [1.165, 1.54) is 16.0 Å². The number of β-amino-alcohol motifs (C(OH)–C–C–N with tert-alkyl or cyclic N) is 1. The molecule has 2 aliphatic rings. The number of carbonyl (C=O) groups excluding carboxylic acids is 1. The van der Waals surface area contributed by atoms with E-state index in [1.54, 1.807) is 24.3 Å².